The number of nitrogens with zero attached hydrogens (tertiary/aromatic N) is 2. The molecule has 1 aromatic heterocycles. The van der Waals surface area contributed by atoms with Crippen molar-refractivity contribution >= 4 is 17.7 Å². The Bertz CT molecular complexity index is 456. The van der Waals surface area contributed by atoms with E-state index in [0.29, 0.717) is 5.56 Å². The minimum atomic E-state index is -0.659. The van der Waals surface area contributed by atoms with E-state index in [2.05, 4.69) is 4.98 Å². The number of carbonyl (C=O) groups is 1. The molecule has 16 heavy (non-hydrogen) atoms. The molecular weight excluding hydrogens is 214 g/mol. The molecule has 1 heterocycles. The normalized spacial score (nSPS) is 10.3. The molecule has 7 heteroatoms. The van der Waals surface area contributed by atoms with Gasteiger partial charge in [0, 0.05) is 17.7 Å². The second-order valence-corrected chi connectivity index (χ2v) is 2.78. The Kier molecular flexibility index (Phi) is 3.54. The van der Waals surface area contributed by atoms with Gasteiger partial charge in [0.1, 0.15) is 6.20 Å². The summed E-state index contributed by atoms with van der Waals surface area (Å²) in [6, 6.07) is 1.24. The fourth-order valence-corrected chi connectivity index (χ4v) is 1.02. The van der Waals surface area contributed by atoms with Gasteiger partial charge < -0.3 is 10.5 Å². The van der Waals surface area contributed by atoms with Crippen LogP contribution in [0.5, 0.6) is 5.88 Å². The van der Waals surface area contributed by atoms with Crippen molar-refractivity contribution in [1.29, 1.82) is 0 Å². The fraction of sp³-hybridized carbons (Fsp3) is 0.111. The molecule has 0 fully saturated rings. The molecule has 0 spiro atoms. The van der Waals surface area contributed by atoms with E-state index >= 15 is 0 Å². The summed E-state index contributed by atoms with van der Waals surface area (Å²) >= 11 is 0. The van der Waals surface area contributed by atoms with Gasteiger partial charge in [-0.3, -0.25) is 14.9 Å². The predicted molar refractivity (Wildman–Crippen MR) is 55.7 cm³/mol. The number of rotatable bonds is 4. The van der Waals surface area contributed by atoms with Crippen LogP contribution in [0.2, 0.25) is 0 Å². The monoisotopic (exact) mass is 223 g/mol. The third kappa shape index (κ3) is 2.77. The average Bonchev–Trinajstić information content (AvgIpc) is 2.25. The summed E-state index contributed by atoms with van der Waals surface area (Å²) in [6.45, 7) is 0. The Morgan fingerprint density at radius 2 is 2.38 bits per heavy atom. The van der Waals surface area contributed by atoms with Gasteiger partial charge in [-0.1, -0.05) is 0 Å². The molecule has 1 rings (SSSR count). The first-order valence-electron chi connectivity index (χ1n) is 4.20. The number of amides is 1. The molecule has 0 aromatic carbocycles. The van der Waals surface area contributed by atoms with Crippen LogP contribution in [0, 0.1) is 10.1 Å². The van der Waals surface area contributed by atoms with E-state index in [1.54, 1.807) is 0 Å². The van der Waals surface area contributed by atoms with Gasteiger partial charge in [0.15, 0.2) is 0 Å². The number of carbonyl (C=O) groups excluding carboxylic acids is 1. The molecule has 0 aliphatic carbocycles. The Morgan fingerprint density at radius 3 is 2.88 bits per heavy atom. The number of nitro groups is 1. The van der Waals surface area contributed by atoms with Crippen molar-refractivity contribution < 1.29 is 14.5 Å². The molecule has 0 radical (unpaired) electrons. The number of primary amides is 1. The molecule has 1 aromatic rings. The van der Waals surface area contributed by atoms with Gasteiger partial charge in [0.25, 0.3) is 5.69 Å². The molecule has 0 aliphatic heterocycles. The average molecular weight is 223 g/mol. The molecule has 7 nitrogen and oxygen atoms in total. The maximum absolute atomic E-state index is 10.5. The second kappa shape index (κ2) is 4.87. The summed E-state index contributed by atoms with van der Waals surface area (Å²) < 4.78 is 4.88. The quantitative estimate of drug-likeness (QED) is 0.454. The third-order valence-corrected chi connectivity index (χ3v) is 1.70. The third-order valence-electron chi connectivity index (χ3n) is 1.70. The topological polar surface area (TPSA) is 108 Å². The predicted octanol–water partition coefficient (Wildman–Crippen LogP) is 0.497. The van der Waals surface area contributed by atoms with Crippen molar-refractivity contribution in [2.45, 2.75) is 0 Å². The van der Waals surface area contributed by atoms with Crippen LogP contribution in [0.1, 0.15) is 5.56 Å². The van der Waals surface area contributed by atoms with Crippen LogP contribution in [0.3, 0.4) is 0 Å². The van der Waals surface area contributed by atoms with Crippen LogP contribution in [-0.4, -0.2) is 22.9 Å². The highest BCUT2D eigenvalue weighted by molar-refractivity contribution is 5.90. The second-order valence-electron chi connectivity index (χ2n) is 2.78. The van der Waals surface area contributed by atoms with Crippen molar-refractivity contribution in [3.05, 3.63) is 34.0 Å². The summed E-state index contributed by atoms with van der Waals surface area (Å²) in [6.07, 6.45) is 3.45. The van der Waals surface area contributed by atoms with Crippen molar-refractivity contribution in [3.63, 3.8) is 0 Å². The molecule has 0 saturated heterocycles. The molecule has 0 aliphatic rings. The largest absolute Gasteiger partial charge is 0.481 e. The van der Waals surface area contributed by atoms with Crippen LogP contribution >= 0.6 is 0 Å². The maximum Gasteiger partial charge on any atom is 0.288 e. The van der Waals surface area contributed by atoms with Gasteiger partial charge in [0.05, 0.1) is 12.0 Å². The number of methoxy groups -OCH3 is 1. The summed E-state index contributed by atoms with van der Waals surface area (Å²) in [5, 5.41) is 10.5. The first-order valence-corrected chi connectivity index (χ1v) is 4.20. The molecule has 1 amide bonds. The minimum Gasteiger partial charge on any atom is -0.481 e. The Morgan fingerprint density at radius 1 is 1.69 bits per heavy atom. The zero-order valence-corrected chi connectivity index (χ0v) is 8.41. The lowest BCUT2D eigenvalue weighted by Crippen LogP contribution is -2.05. The minimum absolute atomic E-state index is 0.183. The highest BCUT2D eigenvalue weighted by Gasteiger charge is 2.10. The summed E-state index contributed by atoms with van der Waals surface area (Å²) in [4.78, 5) is 24.2. The van der Waals surface area contributed by atoms with Crippen LogP contribution in [-0.2, 0) is 4.79 Å². The number of ether oxygens (including phenoxy) is 1. The van der Waals surface area contributed by atoms with Gasteiger partial charge in [-0.25, -0.2) is 4.98 Å². The van der Waals surface area contributed by atoms with Crippen molar-refractivity contribution in [3.8, 4) is 5.88 Å². The van der Waals surface area contributed by atoms with Crippen LogP contribution in [0.15, 0.2) is 18.3 Å². The Labute approximate surface area is 90.7 Å². The number of hydrogen-bond acceptors (Lipinski definition) is 5. The van der Waals surface area contributed by atoms with E-state index in [0.717, 1.165) is 12.3 Å². The lowest BCUT2D eigenvalue weighted by molar-refractivity contribution is -0.385. The zero-order chi connectivity index (χ0) is 12.1. The zero-order valence-electron chi connectivity index (χ0n) is 8.41. The molecule has 0 saturated carbocycles. The van der Waals surface area contributed by atoms with Gasteiger partial charge >= 0.3 is 0 Å². The van der Waals surface area contributed by atoms with Gasteiger partial charge in [-0.05, 0) is 6.08 Å². The lowest BCUT2D eigenvalue weighted by Gasteiger charge is -2.02. The SMILES string of the molecule is COc1ncc([N+](=O)[O-])cc1C=CC(N)=O. The highest BCUT2D eigenvalue weighted by Crippen LogP contribution is 2.21. The van der Waals surface area contributed by atoms with E-state index < -0.39 is 10.8 Å². The van der Waals surface area contributed by atoms with Crippen molar-refractivity contribution in [1.82, 2.24) is 4.98 Å². The molecule has 84 valence electrons. The Hall–Kier alpha value is -2.44. The standard InChI is InChI=1S/C9H9N3O4/c1-16-9-6(2-3-8(10)13)4-7(5-11-9)12(14)15/h2-5H,1H3,(H2,10,13). The molecule has 2 N–H and O–H groups in total. The lowest BCUT2D eigenvalue weighted by atomic mass is 10.2. The summed E-state index contributed by atoms with van der Waals surface area (Å²) in [5.41, 5.74) is 5.03. The van der Waals surface area contributed by atoms with E-state index in [9.17, 15) is 14.9 Å². The maximum atomic E-state index is 10.5. The van der Waals surface area contributed by atoms with Gasteiger partial charge in [-0.15, -0.1) is 0 Å². The number of pyridine rings is 1. The van der Waals surface area contributed by atoms with Crippen molar-refractivity contribution in [2.24, 2.45) is 5.73 Å². The molecule has 0 unspecified atom stereocenters. The van der Waals surface area contributed by atoms with E-state index in [1.165, 1.54) is 19.3 Å². The van der Waals surface area contributed by atoms with E-state index in [-0.39, 0.29) is 11.6 Å². The number of hydrogen-bond donors (Lipinski definition) is 1. The smallest absolute Gasteiger partial charge is 0.288 e. The van der Waals surface area contributed by atoms with Crippen molar-refractivity contribution in [2.75, 3.05) is 7.11 Å². The van der Waals surface area contributed by atoms with E-state index in [1.807, 2.05) is 0 Å². The first kappa shape index (κ1) is 11.6. The molecular formula is C9H9N3O4. The van der Waals surface area contributed by atoms with E-state index in [4.69, 9.17) is 10.5 Å². The van der Waals surface area contributed by atoms with Crippen LogP contribution < -0.4 is 10.5 Å². The molecule has 0 bridgehead atoms. The number of nitrogens with two attached hydrogens (primary N) is 1. The Balaban J connectivity index is 3.16. The summed E-state index contributed by atoms with van der Waals surface area (Å²) in [7, 11) is 1.37. The highest BCUT2D eigenvalue weighted by atomic mass is 16.6. The molecule has 0 atom stereocenters. The van der Waals surface area contributed by atoms with Crippen LogP contribution in [0.25, 0.3) is 6.08 Å². The summed E-state index contributed by atoms with van der Waals surface area (Å²) in [5.74, 6) is -0.475. The van der Waals surface area contributed by atoms with Gasteiger partial charge in [-0.2, -0.15) is 0 Å². The fourth-order valence-electron chi connectivity index (χ4n) is 1.02. The van der Waals surface area contributed by atoms with Gasteiger partial charge in [0.2, 0.25) is 11.8 Å². The van der Waals surface area contributed by atoms with Crippen LogP contribution in [0.4, 0.5) is 5.69 Å². The first-order chi connectivity index (χ1) is 7.54. The number of aromatic nitrogens is 1.